The Bertz CT molecular complexity index is 1200. The van der Waals surface area contributed by atoms with Crippen molar-refractivity contribution in [2.24, 2.45) is 0 Å². The molecule has 4 aliphatic rings. The van der Waals surface area contributed by atoms with Crippen LogP contribution >= 0.6 is 0 Å². The van der Waals surface area contributed by atoms with Crippen LogP contribution < -0.4 is 9.47 Å². The minimum absolute atomic E-state index is 0.0302. The lowest BCUT2D eigenvalue weighted by Crippen LogP contribution is -2.74. The molecule has 0 unspecified atom stereocenters. The molecule has 2 aliphatic carbocycles. The Morgan fingerprint density at radius 1 is 1.19 bits per heavy atom. The molecule has 200 valence electrons. The number of rotatable bonds is 7. The van der Waals surface area contributed by atoms with Crippen LogP contribution in [0.4, 0.5) is 0 Å². The van der Waals surface area contributed by atoms with Crippen LogP contribution in [0.5, 0.6) is 11.5 Å². The number of esters is 2. The molecule has 2 bridgehead atoms. The normalized spacial score (nSPS) is 31.7. The van der Waals surface area contributed by atoms with E-state index in [4.69, 9.17) is 19.3 Å². The second-order valence-corrected chi connectivity index (χ2v) is 10.0. The van der Waals surface area contributed by atoms with Crippen molar-refractivity contribution < 1.29 is 53.8 Å². The van der Waals surface area contributed by atoms with Crippen molar-refractivity contribution in [1.29, 1.82) is 0 Å². The van der Waals surface area contributed by atoms with E-state index in [9.17, 15) is 29.7 Å². The number of carboxylic acid groups (broad SMARTS) is 1. The van der Waals surface area contributed by atoms with Gasteiger partial charge in [-0.1, -0.05) is 6.07 Å². The number of aliphatic carboxylic acids is 1. The minimum atomic E-state index is -2.37. The van der Waals surface area contributed by atoms with Gasteiger partial charge >= 0.3 is 17.9 Å². The smallest absolute Gasteiger partial charge is 0.344 e. The standard InChI is InChI=1S/C25H29NO11/c1-11(21(29)30)35-22(31)17(27)18(28)23(32)36-14-6-7-25(33)15-10-12-4-5-13(34-3)19-16(12)24(25,20(14)37-19)8-9-26(15)2/h4-6,11,15,17-18,20,27-28,33H,7-10H2,1-3H3,(H,29,30)/t11-,15+,17+,18+,20-,24-,25+/m0/s1. The van der Waals surface area contributed by atoms with Crippen molar-refractivity contribution in [3.05, 3.63) is 35.1 Å². The van der Waals surface area contributed by atoms with Crippen molar-refractivity contribution in [3.63, 3.8) is 0 Å². The fraction of sp³-hybridized carbons (Fsp3) is 0.560. The first-order chi connectivity index (χ1) is 17.5. The van der Waals surface area contributed by atoms with Gasteiger partial charge in [-0.15, -0.1) is 0 Å². The fourth-order valence-electron chi connectivity index (χ4n) is 6.32. The van der Waals surface area contributed by atoms with Gasteiger partial charge in [0.15, 0.2) is 35.9 Å². The molecule has 1 aromatic rings. The molecule has 0 amide bonds. The van der Waals surface area contributed by atoms with Gasteiger partial charge in [0, 0.05) is 18.0 Å². The molecule has 7 atom stereocenters. The maximum Gasteiger partial charge on any atom is 0.344 e. The van der Waals surface area contributed by atoms with E-state index < -0.39 is 53.3 Å². The van der Waals surface area contributed by atoms with Crippen LogP contribution in [0.1, 0.15) is 30.9 Å². The Balaban J connectivity index is 1.46. The third-order valence-corrected chi connectivity index (χ3v) is 8.20. The third-order valence-electron chi connectivity index (χ3n) is 8.20. The fourth-order valence-corrected chi connectivity index (χ4v) is 6.32. The number of likely N-dealkylation sites (N-methyl/N-ethyl adjacent to an activating group) is 1. The topological polar surface area (TPSA) is 172 Å². The van der Waals surface area contributed by atoms with Crippen LogP contribution in [0.3, 0.4) is 0 Å². The largest absolute Gasteiger partial charge is 0.493 e. The number of carbonyl (C=O) groups excluding carboxylic acids is 2. The number of aliphatic hydroxyl groups is 3. The number of hydrogen-bond acceptors (Lipinski definition) is 11. The molecule has 2 aliphatic heterocycles. The molecule has 1 fully saturated rings. The quantitative estimate of drug-likeness (QED) is 0.333. The van der Waals surface area contributed by atoms with E-state index in [1.807, 2.05) is 13.1 Å². The van der Waals surface area contributed by atoms with E-state index in [1.54, 1.807) is 6.07 Å². The molecule has 12 heteroatoms. The van der Waals surface area contributed by atoms with Crippen molar-refractivity contribution in [2.45, 2.75) is 67.7 Å². The van der Waals surface area contributed by atoms with E-state index >= 15 is 0 Å². The first-order valence-corrected chi connectivity index (χ1v) is 12.0. The summed E-state index contributed by atoms with van der Waals surface area (Å²) in [6.45, 7) is 1.71. The number of ether oxygens (including phenoxy) is 4. The maximum atomic E-state index is 12.8. The molecular weight excluding hydrogens is 490 g/mol. The Labute approximate surface area is 212 Å². The van der Waals surface area contributed by atoms with Gasteiger partial charge in [-0.25, -0.2) is 14.4 Å². The number of benzene rings is 1. The molecule has 0 radical (unpaired) electrons. The number of carbonyl (C=O) groups is 3. The average molecular weight is 520 g/mol. The molecule has 5 rings (SSSR count). The van der Waals surface area contributed by atoms with Gasteiger partial charge in [0.25, 0.3) is 0 Å². The molecule has 0 saturated carbocycles. The average Bonchev–Trinajstić information content (AvgIpc) is 3.22. The highest BCUT2D eigenvalue weighted by atomic mass is 16.6. The summed E-state index contributed by atoms with van der Waals surface area (Å²) >= 11 is 0. The van der Waals surface area contributed by atoms with Crippen LogP contribution in [-0.2, 0) is 35.7 Å². The van der Waals surface area contributed by atoms with E-state index in [-0.39, 0.29) is 18.2 Å². The lowest BCUT2D eigenvalue weighted by atomic mass is 9.50. The Morgan fingerprint density at radius 2 is 1.89 bits per heavy atom. The van der Waals surface area contributed by atoms with Crippen LogP contribution in [0, 0.1) is 0 Å². The summed E-state index contributed by atoms with van der Waals surface area (Å²) in [5, 5.41) is 41.4. The van der Waals surface area contributed by atoms with Gasteiger partial charge in [-0.3, -0.25) is 0 Å². The molecule has 1 aromatic carbocycles. The van der Waals surface area contributed by atoms with Crippen LogP contribution in [0.15, 0.2) is 24.0 Å². The predicted molar refractivity (Wildman–Crippen MR) is 123 cm³/mol. The number of methoxy groups -OCH3 is 1. The highest BCUT2D eigenvalue weighted by Gasteiger charge is 2.72. The number of piperidine rings is 1. The van der Waals surface area contributed by atoms with Crippen molar-refractivity contribution in [3.8, 4) is 11.5 Å². The third kappa shape index (κ3) is 3.46. The van der Waals surface area contributed by atoms with E-state index in [2.05, 4.69) is 9.64 Å². The molecule has 37 heavy (non-hydrogen) atoms. The van der Waals surface area contributed by atoms with Gasteiger partial charge in [0.2, 0.25) is 0 Å². The SMILES string of the molecule is COc1ccc2c3c1O[C@H]1C(OC(=O)[C@H](O)[C@@H](O)C(=O)O[C@@H](C)C(=O)O)=CC[C@@]4(O)[C@@H](C2)N(C)CC[C@]314. The van der Waals surface area contributed by atoms with Gasteiger partial charge in [-0.2, -0.15) is 0 Å². The zero-order valence-electron chi connectivity index (χ0n) is 20.5. The monoisotopic (exact) mass is 519 g/mol. The zero-order valence-corrected chi connectivity index (χ0v) is 20.5. The summed E-state index contributed by atoms with van der Waals surface area (Å²) in [4.78, 5) is 37.8. The first kappa shape index (κ1) is 25.5. The summed E-state index contributed by atoms with van der Waals surface area (Å²) < 4.78 is 21.8. The Kier molecular flexibility index (Phi) is 5.98. The number of nitrogens with zero attached hydrogens (tertiary/aromatic N) is 1. The number of aliphatic hydroxyl groups excluding tert-OH is 2. The lowest BCUT2D eigenvalue weighted by molar-refractivity contribution is -0.182. The van der Waals surface area contributed by atoms with Crippen molar-refractivity contribution >= 4 is 17.9 Å². The van der Waals surface area contributed by atoms with Crippen molar-refractivity contribution in [1.82, 2.24) is 4.90 Å². The second-order valence-electron chi connectivity index (χ2n) is 10.0. The highest BCUT2D eigenvalue weighted by Crippen LogP contribution is 2.65. The van der Waals surface area contributed by atoms with Crippen molar-refractivity contribution in [2.75, 3.05) is 20.7 Å². The lowest BCUT2D eigenvalue weighted by Gasteiger charge is -2.61. The molecule has 4 N–H and O–H groups in total. The molecule has 1 spiro atoms. The Morgan fingerprint density at radius 3 is 2.57 bits per heavy atom. The number of likely N-dealkylation sites (tertiary alicyclic amines) is 1. The molecule has 1 saturated heterocycles. The van der Waals surface area contributed by atoms with E-state index in [1.165, 1.54) is 13.2 Å². The molecule has 12 nitrogen and oxygen atoms in total. The minimum Gasteiger partial charge on any atom is -0.493 e. The summed E-state index contributed by atoms with van der Waals surface area (Å²) in [5.74, 6) is -3.35. The maximum absolute atomic E-state index is 12.8. The van der Waals surface area contributed by atoms with Crippen LogP contribution in [-0.4, -0.2) is 100.0 Å². The van der Waals surface area contributed by atoms with Gasteiger partial charge < -0.3 is 44.3 Å². The Hall–Kier alpha value is -3.19. The molecule has 0 aromatic heterocycles. The van der Waals surface area contributed by atoms with Gasteiger partial charge in [0.05, 0.1) is 18.1 Å². The zero-order chi connectivity index (χ0) is 26.9. The van der Waals surface area contributed by atoms with Gasteiger partial charge in [-0.05, 0) is 51.1 Å². The summed E-state index contributed by atoms with van der Waals surface area (Å²) in [6.07, 6.45) is -4.49. The predicted octanol–water partition coefficient (Wildman–Crippen LogP) is -0.746. The summed E-state index contributed by atoms with van der Waals surface area (Å²) in [7, 11) is 3.46. The van der Waals surface area contributed by atoms with Gasteiger partial charge in [0.1, 0.15) is 5.76 Å². The summed E-state index contributed by atoms with van der Waals surface area (Å²) in [6, 6.07) is 3.53. The molecular formula is C25H29NO11. The first-order valence-electron chi connectivity index (χ1n) is 12.0. The van der Waals surface area contributed by atoms with E-state index in [0.29, 0.717) is 30.9 Å². The van der Waals surface area contributed by atoms with E-state index in [0.717, 1.165) is 18.1 Å². The highest BCUT2D eigenvalue weighted by molar-refractivity contribution is 5.87. The second kappa shape index (κ2) is 8.69. The van der Waals surface area contributed by atoms with Crippen LogP contribution in [0.2, 0.25) is 0 Å². The number of carboxylic acids is 1. The summed E-state index contributed by atoms with van der Waals surface area (Å²) in [5.41, 5.74) is -0.374. The molecule has 2 heterocycles. The number of hydrogen-bond donors (Lipinski definition) is 4. The van der Waals surface area contributed by atoms with Crippen LogP contribution in [0.25, 0.3) is 0 Å².